The van der Waals surface area contributed by atoms with Crippen LogP contribution in [0.4, 0.5) is 8.78 Å². The van der Waals surface area contributed by atoms with Crippen LogP contribution >= 0.6 is 11.6 Å². The average molecular weight is 452 g/mol. The van der Waals surface area contributed by atoms with E-state index in [1.54, 1.807) is 0 Å². The lowest BCUT2D eigenvalue weighted by atomic mass is 9.83. The Bertz CT molecular complexity index is 910. The van der Waals surface area contributed by atoms with Gasteiger partial charge in [0.25, 0.3) is 5.91 Å². The van der Waals surface area contributed by atoms with Crippen LogP contribution in [0, 0.1) is 29.4 Å². The van der Waals surface area contributed by atoms with Gasteiger partial charge in [-0.2, -0.15) is 0 Å². The summed E-state index contributed by atoms with van der Waals surface area (Å²) >= 11 is 6.45. The van der Waals surface area contributed by atoms with Crippen LogP contribution in [0.5, 0.6) is 0 Å². The number of rotatable bonds is 7. The van der Waals surface area contributed by atoms with E-state index in [-0.39, 0.29) is 22.5 Å². The molecule has 170 valence electrons. The van der Waals surface area contributed by atoms with Gasteiger partial charge in [0, 0.05) is 13.0 Å². The molecule has 0 saturated heterocycles. The van der Waals surface area contributed by atoms with E-state index in [9.17, 15) is 13.6 Å². The number of aryl methyl sites for hydroxylation is 1. The average Bonchev–Trinajstić information content (AvgIpc) is 3.03. The number of hydrogen-bond acceptors (Lipinski definition) is 2. The highest BCUT2D eigenvalue weighted by molar-refractivity contribution is 6.32. The zero-order valence-corrected chi connectivity index (χ0v) is 19.5. The van der Waals surface area contributed by atoms with Crippen molar-refractivity contribution in [3.8, 4) is 5.69 Å². The molecular weight excluding hydrogens is 420 g/mol. The number of imidazole rings is 1. The second-order valence-electron chi connectivity index (χ2n) is 9.20. The molecule has 2 aromatic rings. The SMILES string of the molecule is CCc1nc(C(=O)NCC2CCC(C)CC2)c(Cl)n1-c1c(F)cc(CC(C)C)cc1F. The van der Waals surface area contributed by atoms with E-state index >= 15 is 0 Å². The Morgan fingerprint density at radius 2 is 1.84 bits per heavy atom. The summed E-state index contributed by atoms with van der Waals surface area (Å²) in [6.07, 6.45) is 5.45. The van der Waals surface area contributed by atoms with Gasteiger partial charge < -0.3 is 5.32 Å². The molecule has 0 unspecified atom stereocenters. The van der Waals surface area contributed by atoms with Gasteiger partial charge in [-0.05, 0) is 54.7 Å². The number of carbonyl (C=O) groups is 1. The molecule has 1 N–H and O–H groups in total. The molecule has 1 aliphatic carbocycles. The van der Waals surface area contributed by atoms with E-state index in [1.165, 1.54) is 29.5 Å². The molecule has 4 nitrogen and oxygen atoms in total. The van der Waals surface area contributed by atoms with Crippen LogP contribution < -0.4 is 5.32 Å². The van der Waals surface area contributed by atoms with Crippen molar-refractivity contribution in [3.05, 3.63) is 46.0 Å². The molecule has 1 aromatic heterocycles. The van der Waals surface area contributed by atoms with Crippen LogP contribution in [-0.4, -0.2) is 22.0 Å². The van der Waals surface area contributed by atoms with Gasteiger partial charge in [0.15, 0.2) is 17.3 Å². The smallest absolute Gasteiger partial charge is 0.273 e. The molecule has 0 atom stereocenters. The molecule has 7 heteroatoms. The molecule has 1 amide bonds. The van der Waals surface area contributed by atoms with Crippen molar-refractivity contribution in [1.82, 2.24) is 14.9 Å². The normalized spacial score (nSPS) is 19.1. The lowest BCUT2D eigenvalue weighted by Gasteiger charge is -2.26. The van der Waals surface area contributed by atoms with Crippen LogP contribution in [0.15, 0.2) is 12.1 Å². The molecule has 0 bridgehead atoms. The predicted molar refractivity (Wildman–Crippen MR) is 120 cm³/mol. The minimum atomic E-state index is -0.715. The van der Waals surface area contributed by atoms with Gasteiger partial charge in [0.2, 0.25) is 0 Å². The molecule has 1 saturated carbocycles. The zero-order chi connectivity index (χ0) is 22.7. The van der Waals surface area contributed by atoms with Crippen molar-refractivity contribution < 1.29 is 13.6 Å². The Labute approximate surface area is 188 Å². The van der Waals surface area contributed by atoms with E-state index in [0.717, 1.165) is 18.8 Å². The Kier molecular flexibility index (Phi) is 7.73. The number of aromatic nitrogens is 2. The summed E-state index contributed by atoms with van der Waals surface area (Å²) in [5, 5.41) is 2.85. The monoisotopic (exact) mass is 451 g/mol. The van der Waals surface area contributed by atoms with Crippen molar-refractivity contribution in [2.75, 3.05) is 6.54 Å². The van der Waals surface area contributed by atoms with Crippen molar-refractivity contribution in [2.24, 2.45) is 17.8 Å². The van der Waals surface area contributed by atoms with E-state index in [0.29, 0.717) is 36.7 Å². The Morgan fingerprint density at radius 3 is 2.39 bits per heavy atom. The molecule has 0 aliphatic heterocycles. The summed E-state index contributed by atoms with van der Waals surface area (Å²) in [4.78, 5) is 17.1. The van der Waals surface area contributed by atoms with Crippen LogP contribution in [-0.2, 0) is 12.8 Å². The lowest BCUT2D eigenvalue weighted by molar-refractivity contribution is 0.0937. The minimum Gasteiger partial charge on any atom is -0.350 e. The van der Waals surface area contributed by atoms with Gasteiger partial charge in [-0.3, -0.25) is 9.36 Å². The summed E-state index contributed by atoms with van der Waals surface area (Å²) < 4.78 is 31.1. The van der Waals surface area contributed by atoms with E-state index in [1.807, 2.05) is 20.8 Å². The lowest BCUT2D eigenvalue weighted by Crippen LogP contribution is -2.31. The Morgan fingerprint density at radius 1 is 1.23 bits per heavy atom. The second kappa shape index (κ2) is 10.1. The van der Waals surface area contributed by atoms with E-state index in [2.05, 4.69) is 17.2 Å². The first-order valence-corrected chi connectivity index (χ1v) is 11.6. The maximum Gasteiger partial charge on any atom is 0.273 e. The number of amides is 1. The van der Waals surface area contributed by atoms with Crippen LogP contribution in [0.25, 0.3) is 5.69 Å². The second-order valence-corrected chi connectivity index (χ2v) is 9.56. The first-order chi connectivity index (χ1) is 14.7. The van der Waals surface area contributed by atoms with Gasteiger partial charge in [0.1, 0.15) is 16.7 Å². The highest BCUT2D eigenvalue weighted by Crippen LogP contribution is 2.30. The number of nitrogens with one attached hydrogen (secondary N) is 1. The number of nitrogens with zero attached hydrogens (tertiary/aromatic N) is 2. The van der Waals surface area contributed by atoms with Gasteiger partial charge in [0.05, 0.1) is 0 Å². The number of hydrogen-bond donors (Lipinski definition) is 1. The van der Waals surface area contributed by atoms with Crippen molar-refractivity contribution >= 4 is 17.5 Å². The minimum absolute atomic E-state index is 0.00718. The topological polar surface area (TPSA) is 46.9 Å². The van der Waals surface area contributed by atoms with Crippen LogP contribution in [0.1, 0.15) is 75.3 Å². The number of benzene rings is 1. The zero-order valence-electron chi connectivity index (χ0n) is 18.8. The van der Waals surface area contributed by atoms with Crippen LogP contribution in [0.3, 0.4) is 0 Å². The van der Waals surface area contributed by atoms with Crippen LogP contribution in [0.2, 0.25) is 5.15 Å². The van der Waals surface area contributed by atoms with Gasteiger partial charge in [-0.15, -0.1) is 0 Å². The molecule has 1 fully saturated rings. The fourth-order valence-corrected chi connectivity index (χ4v) is 4.64. The quantitative estimate of drug-likeness (QED) is 0.551. The van der Waals surface area contributed by atoms with Gasteiger partial charge >= 0.3 is 0 Å². The van der Waals surface area contributed by atoms with E-state index in [4.69, 9.17) is 11.6 Å². The predicted octanol–water partition coefficient (Wildman–Crippen LogP) is 6.12. The first-order valence-electron chi connectivity index (χ1n) is 11.2. The van der Waals surface area contributed by atoms with Crippen molar-refractivity contribution in [3.63, 3.8) is 0 Å². The molecule has 1 heterocycles. The number of halogens is 3. The summed E-state index contributed by atoms with van der Waals surface area (Å²) in [5.41, 5.74) is 0.303. The van der Waals surface area contributed by atoms with Gasteiger partial charge in [-0.1, -0.05) is 52.1 Å². The third-order valence-corrected chi connectivity index (χ3v) is 6.40. The summed E-state index contributed by atoms with van der Waals surface area (Å²) in [6, 6.07) is 2.66. The third kappa shape index (κ3) is 5.46. The highest BCUT2D eigenvalue weighted by atomic mass is 35.5. The molecule has 31 heavy (non-hydrogen) atoms. The summed E-state index contributed by atoms with van der Waals surface area (Å²) in [7, 11) is 0. The van der Waals surface area contributed by atoms with E-state index < -0.39 is 17.5 Å². The molecule has 3 rings (SSSR count). The molecule has 0 radical (unpaired) electrons. The van der Waals surface area contributed by atoms with Crippen molar-refractivity contribution in [2.45, 2.75) is 66.2 Å². The fraction of sp³-hybridized carbons (Fsp3) is 0.583. The maximum atomic E-state index is 14.9. The number of carbonyl (C=O) groups excluding carboxylic acids is 1. The maximum absolute atomic E-state index is 14.9. The molecule has 1 aliphatic rings. The molecule has 1 aromatic carbocycles. The van der Waals surface area contributed by atoms with Crippen molar-refractivity contribution in [1.29, 1.82) is 0 Å². The highest BCUT2D eigenvalue weighted by Gasteiger charge is 2.26. The Hall–Kier alpha value is -1.95. The fourth-order valence-electron chi connectivity index (χ4n) is 4.33. The first kappa shape index (κ1) is 23.7. The van der Waals surface area contributed by atoms with Gasteiger partial charge in [-0.25, -0.2) is 13.8 Å². The summed E-state index contributed by atoms with van der Waals surface area (Å²) in [5.74, 6) is -0.0439. The third-order valence-electron chi connectivity index (χ3n) is 6.05. The Balaban J connectivity index is 1.85. The summed E-state index contributed by atoms with van der Waals surface area (Å²) in [6.45, 7) is 8.60. The standard InChI is InChI=1S/C24H32ClF2N3O/c1-5-20-29-21(24(31)28-13-16-8-6-15(4)7-9-16)23(25)30(20)22-18(26)11-17(10-14(2)3)12-19(22)27/h11-12,14-16H,5-10,13H2,1-4H3,(H,28,31). The largest absolute Gasteiger partial charge is 0.350 e. The molecule has 0 spiro atoms. The molecular formula is C24H32ClF2N3O.